The van der Waals surface area contributed by atoms with Crippen LogP contribution in [0.2, 0.25) is 0 Å². The van der Waals surface area contributed by atoms with E-state index in [1.807, 2.05) is 44.2 Å². The number of halogens is 1. The summed E-state index contributed by atoms with van der Waals surface area (Å²) in [5, 5.41) is 0. The normalized spacial score (nSPS) is 12.5. The molecule has 0 aliphatic rings. The highest BCUT2D eigenvalue weighted by molar-refractivity contribution is 9.10. The number of nitrogens with zero attached hydrogens (tertiary/aromatic N) is 3. The topological polar surface area (TPSA) is 36.4 Å². The highest BCUT2D eigenvalue weighted by Crippen LogP contribution is 2.12. The van der Waals surface area contributed by atoms with Gasteiger partial charge in [-0.3, -0.25) is 9.78 Å². The molecule has 1 atom stereocenters. The summed E-state index contributed by atoms with van der Waals surface area (Å²) < 4.78 is 0. The summed E-state index contributed by atoms with van der Waals surface area (Å²) in [5.74, 6) is 0.146. The van der Waals surface area contributed by atoms with E-state index >= 15 is 0 Å². The summed E-state index contributed by atoms with van der Waals surface area (Å²) >= 11 is 3.44. The molecule has 1 amide bonds. The van der Waals surface area contributed by atoms with Crippen LogP contribution in [0.25, 0.3) is 0 Å². The quantitative estimate of drug-likeness (QED) is 0.720. The Bertz CT molecular complexity index is 384. The summed E-state index contributed by atoms with van der Waals surface area (Å²) in [6, 6.07) is 3.90. The predicted octanol–water partition coefficient (Wildman–Crippen LogP) is 2.15. The Morgan fingerprint density at radius 1 is 1.42 bits per heavy atom. The van der Waals surface area contributed by atoms with E-state index in [9.17, 15) is 4.79 Å². The Morgan fingerprint density at radius 3 is 2.68 bits per heavy atom. The lowest BCUT2D eigenvalue weighted by Gasteiger charge is -2.26. The van der Waals surface area contributed by atoms with Crippen LogP contribution in [0.15, 0.2) is 24.5 Å². The van der Waals surface area contributed by atoms with Crippen LogP contribution in [-0.2, 0) is 11.3 Å². The van der Waals surface area contributed by atoms with E-state index in [4.69, 9.17) is 0 Å². The Morgan fingerprint density at radius 2 is 2.16 bits per heavy atom. The highest BCUT2D eigenvalue weighted by atomic mass is 79.9. The van der Waals surface area contributed by atoms with Gasteiger partial charge in [0.05, 0.1) is 4.83 Å². The lowest BCUT2D eigenvalue weighted by Crippen LogP contribution is -2.40. The maximum atomic E-state index is 12.3. The smallest absolute Gasteiger partial charge is 0.236 e. The lowest BCUT2D eigenvalue weighted by molar-refractivity contribution is -0.131. The Hall–Kier alpha value is -0.940. The summed E-state index contributed by atoms with van der Waals surface area (Å²) in [6.45, 7) is 4.20. The summed E-state index contributed by atoms with van der Waals surface area (Å²) in [6.07, 6.45) is 4.35. The standard InChI is InChI=1S/C14H22BrN3O/c1-4-13(15)14(19)18(9-8-17(2)3)11-12-6-5-7-16-10-12/h5-7,10,13H,4,8-9,11H2,1-3H3. The van der Waals surface area contributed by atoms with Crippen molar-refractivity contribution < 1.29 is 4.79 Å². The monoisotopic (exact) mass is 327 g/mol. The van der Waals surface area contributed by atoms with Crippen LogP contribution in [0.1, 0.15) is 18.9 Å². The van der Waals surface area contributed by atoms with Gasteiger partial charge in [0.25, 0.3) is 0 Å². The van der Waals surface area contributed by atoms with E-state index < -0.39 is 0 Å². The first-order valence-corrected chi connectivity index (χ1v) is 7.42. The number of hydrogen-bond acceptors (Lipinski definition) is 3. The average molecular weight is 328 g/mol. The fraction of sp³-hybridized carbons (Fsp3) is 0.571. The number of aromatic nitrogens is 1. The van der Waals surface area contributed by atoms with Crippen molar-refractivity contribution in [1.29, 1.82) is 0 Å². The van der Waals surface area contributed by atoms with E-state index in [1.165, 1.54) is 0 Å². The summed E-state index contributed by atoms with van der Waals surface area (Å²) in [7, 11) is 4.02. The number of carbonyl (C=O) groups is 1. The van der Waals surface area contributed by atoms with Crippen LogP contribution >= 0.6 is 15.9 Å². The average Bonchev–Trinajstić information content (AvgIpc) is 2.42. The summed E-state index contributed by atoms with van der Waals surface area (Å²) in [5.41, 5.74) is 1.06. The van der Waals surface area contributed by atoms with Gasteiger partial charge in [-0.15, -0.1) is 0 Å². The Kier molecular flexibility index (Phi) is 7.02. The van der Waals surface area contributed by atoms with Gasteiger partial charge in [0, 0.05) is 32.0 Å². The third kappa shape index (κ3) is 5.70. The van der Waals surface area contributed by atoms with Gasteiger partial charge in [-0.05, 0) is 32.1 Å². The van der Waals surface area contributed by atoms with Crippen molar-refractivity contribution in [2.75, 3.05) is 27.2 Å². The molecule has 0 saturated carbocycles. The molecule has 19 heavy (non-hydrogen) atoms. The molecule has 1 aromatic rings. The third-order valence-electron chi connectivity index (χ3n) is 2.85. The van der Waals surface area contributed by atoms with Gasteiger partial charge in [0.15, 0.2) is 0 Å². The highest BCUT2D eigenvalue weighted by Gasteiger charge is 2.20. The molecule has 1 heterocycles. The largest absolute Gasteiger partial charge is 0.336 e. The second-order valence-corrected chi connectivity index (χ2v) is 5.91. The number of alkyl halides is 1. The van der Waals surface area contributed by atoms with Crippen molar-refractivity contribution >= 4 is 21.8 Å². The molecule has 1 unspecified atom stereocenters. The fourth-order valence-corrected chi connectivity index (χ4v) is 1.96. The molecule has 0 spiro atoms. The van der Waals surface area contributed by atoms with E-state index in [-0.39, 0.29) is 10.7 Å². The zero-order valence-corrected chi connectivity index (χ0v) is 13.4. The van der Waals surface area contributed by atoms with Crippen LogP contribution in [0, 0.1) is 0 Å². The van der Waals surface area contributed by atoms with Crippen molar-refractivity contribution in [3.05, 3.63) is 30.1 Å². The molecule has 106 valence electrons. The molecule has 0 saturated heterocycles. The Labute approximate surface area is 123 Å². The minimum absolute atomic E-state index is 0.105. The van der Waals surface area contributed by atoms with Gasteiger partial charge < -0.3 is 9.80 Å². The Balaban J connectivity index is 2.71. The molecule has 0 N–H and O–H groups in total. The van der Waals surface area contributed by atoms with Gasteiger partial charge in [0.2, 0.25) is 5.91 Å². The first-order valence-electron chi connectivity index (χ1n) is 6.51. The minimum Gasteiger partial charge on any atom is -0.336 e. The molecular weight excluding hydrogens is 306 g/mol. The minimum atomic E-state index is -0.105. The van der Waals surface area contributed by atoms with Gasteiger partial charge in [-0.25, -0.2) is 0 Å². The van der Waals surface area contributed by atoms with E-state index in [1.54, 1.807) is 6.20 Å². The van der Waals surface area contributed by atoms with E-state index in [0.717, 1.165) is 25.1 Å². The molecule has 4 nitrogen and oxygen atoms in total. The van der Waals surface area contributed by atoms with Crippen molar-refractivity contribution in [1.82, 2.24) is 14.8 Å². The SMILES string of the molecule is CCC(Br)C(=O)N(CCN(C)C)Cc1cccnc1. The van der Waals surface area contributed by atoms with Crippen LogP contribution in [0.3, 0.4) is 0 Å². The van der Waals surface area contributed by atoms with E-state index in [0.29, 0.717) is 6.54 Å². The second kappa shape index (κ2) is 8.27. The van der Waals surface area contributed by atoms with Crippen LogP contribution in [0.5, 0.6) is 0 Å². The fourth-order valence-electron chi connectivity index (χ4n) is 1.67. The first kappa shape index (κ1) is 16.1. The molecule has 0 aromatic carbocycles. The van der Waals surface area contributed by atoms with E-state index in [2.05, 4.69) is 25.8 Å². The molecule has 0 aliphatic carbocycles. The maximum Gasteiger partial charge on any atom is 0.236 e. The zero-order chi connectivity index (χ0) is 14.3. The number of amides is 1. The number of carbonyl (C=O) groups excluding carboxylic acids is 1. The van der Waals surface area contributed by atoms with Crippen molar-refractivity contribution in [2.24, 2.45) is 0 Å². The molecule has 0 radical (unpaired) electrons. The van der Waals surface area contributed by atoms with Gasteiger partial charge in [0.1, 0.15) is 0 Å². The van der Waals surface area contributed by atoms with Gasteiger partial charge >= 0.3 is 0 Å². The van der Waals surface area contributed by atoms with Crippen molar-refractivity contribution in [2.45, 2.75) is 24.7 Å². The van der Waals surface area contributed by atoms with Crippen molar-refractivity contribution in [3.63, 3.8) is 0 Å². The van der Waals surface area contributed by atoms with Gasteiger partial charge in [-0.2, -0.15) is 0 Å². The second-order valence-electron chi connectivity index (χ2n) is 4.80. The molecule has 0 fully saturated rings. The summed E-state index contributed by atoms with van der Waals surface area (Å²) in [4.78, 5) is 20.3. The molecule has 5 heteroatoms. The molecule has 0 aliphatic heterocycles. The molecule has 1 aromatic heterocycles. The number of likely N-dealkylation sites (N-methyl/N-ethyl adjacent to an activating group) is 1. The predicted molar refractivity (Wildman–Crippen MR) is 81.2 cm³/mol. The number of pyridine rings is 1. The first-order chi connectivity index (χ1) is 9.04. The third-order valence-corrected chi connectivity index (χ3v) is 3.89. The number of hydrogen-bond donors (Lipinski definition) is 0. The van der Waals surface area contributed by atoms with Crippen LogP contribution in [0.4, 0.5) is 0 Å². The molecule has 0 bridgehead atoms. The number of rotatable bonds is 7. The molecular formula is C14H22BrN3O. The van der Waals surface area contributed by atoms with Crippen LogP contribution in [-0.4, -0.2) is 52.7 Å². The maximum absolute atomic E-state index is 12.3. The lowest BCUT2D eigenvalue weighted by atomic mass is 10.2. The van der Waals surface area contributed by atoms with Crippen molar-refractivity contribution in [3.8, 4) is 0 Å². The van der Waals surface area contributed by atoms with Gasteiger partial charge in [-0.1, -0.05) is 28.9 Å². The molecule has 1 rings (SSSR count). The zero-order valence-electron chi connectivity index (χ0n) is 11.8. The van der Waals surface area contributed by atoms with Crippen LogP contribution < -0.4 is 0 Å².